The molecule has 0 unspecified atom stereocenters. The summed E-state index contributed by atoms with van der Waals surface area (Å²) in [4.78, 5) is 26.1. The van der Waals surface area contributed by atoms with Crippen LogP contribution in [-0.4, -0.2) is 42.6 Å². The second-order valence-electron chi connectivity index (χ2n) is 6.37. The maximum absolute atomic E-state index is 12.6. The Morgan fingerprint density at radius 2 is 1.80 bits per heavy atom. The first kappa shape index (κ1) is 19.3. The third-order valence-corrected chi connectivity index (χ3v) is 4.64. The summed E-state index contributed by atoms with van der Waals surface area (Å²) in [7, 11) is 0. The van der Waals surface area contributed by atoms with Gasteiger partial charge < -0.3 is 14.4 Å². The number of benzene rings is 1. The molecule has 0 bridgehead atoms. The van der Waals surface area contributed by atoms with Crippen molar-refractivity contribution in [2.45, 2.75) is 58.4 Å². The summed E-state index contributed by atoms with van der Waals surface area (Å²) < 4.78 is 10.6. The van der Waals surface area contributed by atoms with E-state index >= 15 is 0 Å². The molecule has 1 aliphatic rings. The first-order valence-electron chi connectivity index (χ1n) is 9.30. The van der Waals surface area contributed by atoms with Crippen molar-refractivity contribution in [2.24, 2.45) is 0 Å². The summed E-state index contributed by atoms with van der Waals surface area (Å²) in [6, 6.07) is 8.02. The summed E-state index contributed by atoms with van der Waals surface area (Å²) >= 11 is 0. The van der Waals surface area contributed by atoms with Gasteiger partial charge in [0.05, 0.1) is 13.0 Å². The van der Waals surface area contributed by atoms with Crippen LogP contribution in [0.1, 0.15) is 51.5 Å². The highest BCUT2D eigenvalue weighted by Crippen LogP contribution is 2.24. The minimum absolute atomic E-state index is 0.00476. The van der Waals surface area contributed by atoms with E-state index in [0.717, 1.165) is 32.1 Å². The van der Waals surface area contributed by atoms with Gasteiger partial charge in [0, 0.05) is 12.6 Å². The fourth-order valence-electron chi connectivity index (χ4n) is 3.22. The maximum Gasteiger partial charge on any atom is 0.307 e. The van der Waals surface area contributed by atoms with Crippen molar-refractivity contribution in [3.05, 3.63) is 29.8 Å². The molecule has 1 aromatic carbocycles. The van der Waals surface area contributed by atoms with Crippen molar-refractivity contribution in [2.75, 3.05) is 19.8 Å². The Morgan fingerprint density at radius 3 is 2.40 bits per heavy atom. The Kier molecular flexibility index (Phi) is 7.76. The smallest absolute Gasteiger partial charge is 0.307 e. The van der Waals surface area contributed by atoms with Crippen molar-refractivity contribution >= 4 is 11.9 Å². The Bertz CT molecular complexity index is 549. The number of rotatable bonds is 9. The molecule has 0 saturated heterocycles. The molecular formula is C20H29NO4. The molecule has 0 radical (unpaired) electrons. The van der Waals surface area contributed by atoms with Gasteiger partial charge >= 0.3 is 5.97 Å². The molecule has 1 amide bonds. The maximum atomic E-state index is 12.6. The van der Waals surface area contributed by atoms with E-state index in [-0.39, 0.29) is 30.9 Å². The van der Waals surface area contributed by atoms with Crippen LogP contribution < -0.4 is 4.74 Å². The van der Waals surface area contributed by atoms with Crippen molar-refractivity contribution in [1.82, 2.24) is 4.90 Å². The van der Waals surface area contributed by atoms with Gasteiger partial charge in [0.2, 0.25) is 0 Å². The van der Waals surface area contributed by atoms with Gasteiger partial charge in [-0.25, -0.2) is 0 Å². The first-order valence-corrected chi connectivity index (χ1v) is 9.30. The standard InChI is InChI=1S/C20H29NO4/c1-3-16-9-11-18(12-10-16)25-15-19(22)21(17-7-5-6-8-17)14-13-20(23)24-4-2/h9-12,17H,3-8,13-15H2,1-2H3. The van der Waals surface area contributed by atoms with E-state index in [9.17, 15) is 9.59 Å². The predicted octanol–water partition coefficient (Wildman–Crippen LogP) is 3.35. The minimum atomic E-state index is -0.255. The third-order valence-electron chi connectivity index (χ3n) is 4.64. The second-order valence-corrected chi connectivity index (χ2v) is 6.37. The lowest BCUT2D eigenvalue weighted by Gasteiger charge is -2.28. The highest BCUT2D eigenvalue weighted by molar-refractivity contribution is 5.79. The van der Waals surface area contributed by atoms with Crippen LogP contribution in [0.15, 0.2) is 24.3 Å². The van der Waals surface area contributed by atoms with E-state index in [4.69, 9.17) is 9.47 Å². The quantitative estimate of drug-likeness (QED) is 0.643. The van der Waals surface area contributed by atoms with Crippen molar-refractivity contribution in [1.29, 1.82) is 0 Å². The zero-order valence-corrected chi connectivity index (χ0v) is 15.3. The van der Waals surface area contributed by atoms with Gasteiger partial charge in [-0.1, -0.05) is 31.9 Å². The van der Waals surface area contributed by atoms with Gasteiger partial charge in [0.1, 0.15) is 5.75 Å². The predicted molar refractivity (Wildman–Crippen MR) is 96.5 cm³/mol. The van der Waals surface area contributed by atoms with Crippen molar-refractivity contribution < 1.29 is 19.1 Å². The topological polar surface area (TPSA) is 55.8 Å². The lowest BCUT2D eigenvalue weighted by Crippen LogP contribution is -2.42. The Hall–Kier alpha value is -2.04. The number of carbonyl (C=O) groups is 2. The molecule has 1 aromatic rings. The van der Waals surface area contributed by atoms with Gasteiger partial charge in [-0.2, -0.15) is 0 Å². The van der Waals surface area contributed by atoms with Gasteiger partial charge in [0.25, 0.3) is 5.91 Å². The van der Waals surface area contributed by atoms with Crippen LogP contribution in [0.2, 0.25) is 0 Å². The Labute approximate surface area is 150 Å². The van der Waals surface area contributed by atoms with Crippen LogP contribution in [0.25, 0.3) is 0 Å². The number of nitrogens with zero attached hydrogens (tertiary/aromatic N) is 1. The van der Waals surface area contributed by atoms with Crippen LogP contribution in [0.5, 0.6) is 5.75 Å². The monoisotopic (exact) mass is 347 g/mol. The van der Waals surface area contributed by atoms with Gasteiger partial charge in [-0.15, -0.1) is 0 Å². The number of aryl methyl sites for hydroxylation is 1. The van der Waals surface area contributed by atoms with Gasteiger partial charge in [0.15, 0.2) is 6.61 Å². The van der Waals surface area contributed by atoms with Crippen LogP contribution >= 0.6 is 0 Å². The zero-order chi connectivity index (χ0) is 18.1. The third kappa shape index (κ3) is 6.07. The number of amides is 1. The van der Waals surface area contributed by atoms with Crippen LogP contribution in [0.4, 0.5) is 0 Å². The molecule has 0 aromatic heterocycles. The molecule has 0 heterocycles. The molecule has 25 heavy (non-hydrogen) atoms. The molecule has 1 fully saturated rings. The number of hydrogen-bond acceptors (Lipinski definition) is 4. The van der Waals surface area contributed by atoms with E-state index in [1.165, 1.54) is 5.56 Å². The lowest BCUT2D eigenvalue weighted by atomic mass is 10.2. The number of hydrogen-bond donors (Lipinski definition) is 0. The summed E-state index contributed by atoms with van der Waals surface area (Å²) in [5, 5.41) is 0. The van der Waals surface area contributed by atoms with E-state index in [1.807, 2.05) is 29.2 Å². The van der Waals surface area contributed by atoms with Crippen LogP contribution in [0.3, 0.4) is 0 Å². The summed E-state index contributed by atoms with van der Waals surface area (Å²) in [6.45, 7) is 4.66. The highest BCUT2D eigenvalue weighted by Gasteiger charge is 2.27. The zero-order valence-electron chi connectivity index (χ0n) is 15.3. The van der Waals surface area contributed by atoms with E-state index in [2.05, 4.69) is 6.92 Å². The van der Waals surface area contributed by atoms with Crippen LogP contribution in [0, 0.1) is 0 Å². The number of esters is 1. The molecule has 0 N–H and O–H groups in total. The molecule has 5 heteroatoms. The minimum Gasteiger partial charge on any atom is -0.484 e. The van der Waals surface area contributed by atoms with Crippen molar-refractivity contribution in [3.8, 4) is 5.75 Å². The highest BCUT2D eigenvalue weighted by atomic mass is 16.5. The molecule has 1 aliphatic carbocycles. The Balaban J connectivity index is 1.90. The molecule has 5 nitrogen and oxygen atoms in total. The van der Waals surface area contributed by atoms with Crippen LogP contribution in [-0.2, 0) is 20.7 Å². The summed E-state index contributed by atoms with van der Waals surface area (Å²) in [5.74, 6) is 0.382. The lowest BCUT2D eigenvalue weighted by molar-refractivity contribution is -0.144. The summed E-state index contributed by atoms with van der Waals surface area (Å²) in [6.07, 6.45) is 5.48. The van der Waals surface area contributed by atoms with E-state index < -0.39 is 0 Å². The molecule has 0 spiro atoms. The average Bonchev–Trinajstić information content (AvgIpc) is 3.15. The molecule has 0 atom stereocenters. The van der Waals surface area contributed by atoms with E-state index in [0.29, 0.717) is 18.9 Å². The molecular weight excluding hydrogens is 318 g/mol. The Morgan fingerprint density at radius 1 is 1.12 bits per heavy atom. The molecule has 0 aliphatic heterocycles. The number of ether oxygens (including phenoxy) is 2. The molecule has 2 rings (SSSR count). The fourth-order valence-corrected chi connectivity index (χ4v) is 3.22. The van der Waals surface area contributed by atoms with Gasteiger partial charge in [-0.3, -0.25) is 9.59 Å². The average molecular weight is 347 g/mol. The van der Waals surface area contributed by atoms with Crippen molar-refractivity contribution in [3.63, 3.8) is 0 Å². The largest absolute Gasteiger partial charge is 0.484 e. The fraction of sp³-hybridized carbons (Fsp3) is 0.600. The first-order chi connectivity index (χ1) is 12.1. The van der Waals surface area contributed by atoms with Gasteiger partial charge in [-0.05, 0) is 43.9 Å². The second kappa shape index (κ2) is 10.1. The van der Waals surface area contributed by atoms with E-state index in [1.54, 1.807) is 6.92 Å². The molecule has 138 valence electrons. The summed E-state index contributed by atoms with van der Waals surface area (Å²) in [5.41, 5.74) is 1.24. The normalized spacial score (nSPS) is 14.3. The molecule has 1 saturated carbocycles. The number of carbonyl (C=O) groups excluding carboxylic acids is 2. The SMILES string of the molecule is CCOC(=O)CCN(C(=O)COc1ccc(CC)cc1)C1CCCC1.